The molecule has 4 rings (SSSR count). The molecule has 168 valence electrons. The first-order valence-electron chi connectivity index (χ1n) is 10.7. The number of nitrogens with one attached hydrogen (secondary N) is 1. The number of ether oxygens (including phenoxy) is 1. The Morgan fingerprint density at radius 2 is 2.09 bits per heavy atom. The predicted octanol–water partition coefficient (Wildman–Crippen LogP) is 3.53. The molecule has 1 fully saturated rings. The summed E-state index contributed by atoms with van der Waals surface area (Å²) in [6, 6.07) is 8.22. The lowest BCUT2D eigenvalue weighted by Crippen LogP contribution is -2.36. The van der Waals surface area contributed by atoms with Crippen molar-refractivity contribution in [3.63, 3.8) is 0 Å². The van der Waals surface area contributed by atoms with Crippen LogP contribution in [-0.4, -0.2) is 46.5 Å². The summed E-state index contributed by atoms with van der Waals surface area (Å²) in [4.78, 5) is 38.6. The fraction of sp³-hybridized carbons (Fsp3) is 0.417. The molecule has 8 heteroatoms. The Morgan fingerprint density at radius 1 is 1.31 bits per heavy atom. The molecule has 0 saturated carbocycles. The van der Waals surface area contributed by atoms with Crippen molar-refractivity contribution in [2.24, 2.45) is 16.6 Å². The third kappa shape index (κ3) is 4.30. The van der Waals surface area contributed by atoms with Crippen molar-refractivity contribution in [3.05, 3.63) is 42.2 Å². The van der Waals surface area contributed by atoms with E-state index in [0.717, 1.165) is 30.8 Å². The van der Waals surface area contributed by atoms with Crippen molar-refractivity contribution >= 4 is 28.7 Å². The highest BCUT2D eigenvalue weighted by Crippen LogP contribution is 2.34. The quantitative estimate of drug-likeness (QED) is 0.573. The second-order valence-electron chi connectivity index (χ2n) is 9.87. The number of anilines is 1. The van der Waals surface area contributed by atoms with Gasteiger partial charge >= 0.3 is 5.97 Å². The van der Waals surface area contributed by atoms with Crippen LogP contribution < -0.4 is 10.6 Å². The average molecular weight is 436 g/mol. The zero-order chi connectivity index (χ0) is 23.1. The summed E-state index contributed by atoms with van der Waals surface area (Å²) in [6.07, 6.45) is 4.37. The number of fused-ring (bicyclic) bond motifs is 1. The molecule has 1 aliphatic rings. The molecule has 0 spiro atoms. The van der Waals surface area contributed by atoms with Crippen molar-refractivity contribution in [2.45, 2.75) is 34.1 Å². The maximum absolute atomic E-state index is 12.7. The summed E-state index contributed by atoms with van der Waals surface area (Å²) in [6.45, 7) is 9.75. The van der Waals surface area contributed by atoms with Crippen LogP contribution in [0.25, 0.3) is 22.4 Å². The molecule has 2 aromatic heterocycles. The lowest BCUT2D eigenvalue weighted by Gasteiger charge is -2.22. The van der Waals surface area contributed by atoms with Gasteiger partial charge in [-0.25, -0.2) is 14.8 Å². The predicted molar refractivity (Wildman–Crippen MR) is 123 cm³/mol. The minimum atomic E-state index is -0.955. The molecular formula is C24H29N5O3. The van der Waals surface area contributed by atoms with Gasteiger partial charge in [0, 0.05) is 30.5 Å². The zero-order valence-electron chi connectivity index (χ0n) is 18.9. The van der Waals surface area contributed by atoms with E-state index < -0.39 is 17.3 Å². The van der Waals surface area contributed by atoms with Gasteiger partial charge in [-0.3, -0.25) is 4.79 Å². The second-order valence-corrected chi connectivity index (χ2v) is 9.87. The van der Waals surface area contributed by atoms with E-state index in [1.807, 2.05) is 12.1 Å². The van der Waals surface area contributed by atoms with Crippen LogP contribution in [0.3, 0.4) is 0 Å². The van der Waals surface area contributed by atoms with Crippen LogP contribution in [-0.2, 0) is 9.53 Å². The highest BCUT2D eigenvalue weighted by Gasteiger charge is 2.30. The number of primary amides is 1. The van der Waals surface area contributed by atoms with Gasteiger partial charge in [0.15, 0.2) is 5.65 Å². The first-order chi connectivity index (χ1) is 15.1. The van der Waals surface area contributed by atoms with Gasteiger partial charge in [-0.2, -0.15) is 0 Å². The number of aromatic nitrogens is 3. The highest BCUT2D eigenvalue weighted by molar-refractivity contribution is 6.01. The van der Waals surface area contributed by atoms with Gasteiger partial charge in [-0.05, 0) is 37.8 Å². The lowest BCUT2D eigenvalue weighted by molar-refractivity contribution is -0.127. The molecule has 0 aliphatic carbocycles. The SMILES string of the molecule is CC1(C)CCN(c2cccc(-c3cnc4[nH]cc(C(=O)OCC(C)(C)C(N)=O)c4n3)c2)C1. The Morgan fingerprint density at radius 3 is 2.78 bits per heavy atom. The molecule has 0 radical (unpaired) electrons. The zero-order valence-corrected chi connectivity index (χ0v) is 18.9. The largest absolute Gasteiger partial charge is 0.461 e. The number of carbonyl (C=O) groups is 2. The van der Waals surface area contributed by atoms with Crippen LogP contribution >= 0.6 is 0 Å². The van der Waals surface area contributed by atoms with Crippen LogP contribution in [0.5, 0.6) is 0 Å². The summed E-state index contributed by atoms with van der Waals surface area (Å²) in [5.41, 5.74) is 8.65. The Hall–Kier alpha value is -3.42. The number of nitrogens with zero attached hydrogens (tertiary/aromatic N) is 3. The Labute approximate surface area is 187 Å². The van der Waals surface area contributed by atoms with Crippen LogP contribution in [0.15, 0.2) is 36.7 Å². The van der Waals surface area contributed by atoms with Crippen LogP contribution in [0.4, 0.5) is 5.69 Å². The average Bonchev–Trinajstić information content (AvgIpc) is 3.34. The Kier molecular flexibility index (Phi) is 5.40. The van der Waals surface area contributed by atoms with Gasteiger partial charge in [-0.1, -0.05) is 26.0 Å². The second kappa shape index (κ2) is 7.93. The number of hydrogen-bond donors (Lipinski definition) is 2. The Bertz CT molecular complexity index is 1180. The van der Waals surface area contributed by atoms with E-state index in [1.54, 1.807) is 20.0 Å². The fourth-order valence-electron chi connectivity index (χ4n) is 3.78. The summed E-state index contributed by atoms with van der Waals surface area (Å²) < 4.78 is 5.34. The first kappa shape index (κ1) is 21.8. The molecule has 1 aromatic carbocycles. The summed E-state index contributed by atoms with van der Waals surface area (Å²) in [5, 5.41) is 0. The van der Waals surface area contributed by atoms with Crippen molar-refractivity contribution < 1.29 is 14.3 Å². The number of benzene rings is 1. The smallest absolute Gasteiger partial charge is 0.342 e. The van der Waals surface area contributed by atoms with Crippen LogP contribution in [0, 0.1) is 10.8 Å². The lowest BCUT2D eigenvalue weighted by atomic mass is 9.93. The number of rotatable bonds is 6. The van der Waals surface area contributed by atoms with Gasteiger partial charge in [0.2, 0.25) is 5.91 Å². The van der Waals surface area contributed by atoms with E-state index in [2.05, 4.69) is 40.8 Å². The molecule has 3 aromatic rings. The molecule has 0 bridgehead atoms. The molecule has 0 atom stereocenters. The van der Waals surface area contributed by atoms with E-state index in [9.17, 15) is 9.59 Å². The van der Waals surface area contributed by atoms with Crippen molar-refractivity contribution in [1.29, 1.82) is 0 Å². The van der Waals surface area contributed by atoms with E-state index in [4.69, 9.17) is 15.5 Å². The van der Waals surface area contributed by atoms with E-state index in [0.29, 0.717) is 22.3 Å². The molecule has 1 amide bonds. The molecule has 32 heavy (non-hydrogen) atoms. The molecule has 3 N–H and O–H groups in total. The van der Waals surface area contributed by atoms with Crippen molar-refractivity contribution in [2.75, 3.05) is 24.6 Å². The van der Waals surface area contributed by atoms with Gasteiger partial charge in [-0.15, -0.1) is 0 Å². The molecule has 8 nitrogen and oxygen atoms in total. The molecular weight excluding hydrogens is 406 g/mol. The number of hydrogen-bond acceptors (Lipinski definition) is 6. The normalized spacial score (nSPS) is 15.8. The number of esters is 1. The van der Waals surface area contributed by atoms with Crippen molar-refractivity contribution in [1.82, 2.24) is 15.0 Å². The van der Waals surface area contributed by atoms with Gasteiger partial charge in [0.25, 0.3) is 0 Å². The van der Waals surface area contributed by atoms with Crippen LogP contribution in [0.2, 0.25) is 0 Å². The standard InChI is InChI=1S/C24H29N5O3/c1-23(2)8-9-29(13-23)16-7-5-6-15(10-16)18-12-27-20-19(28-18)17(11-26-20)21(30)32-14-24(3,4)22(25)31/h5-7,10-12H,8-9,13-14H2,1-4H3,(H2,25,31)(H,26,27). The maximum Gasteiger partial charge on any atom is 0.342 e. The van der Waals surface area contributed by atoms with E-state index in [1.165, 1.54) is 6.20 Å². The molecule has 1 aliphatic heterocycles. The fourth-order valence-corrected chi connectivity index (χ4v) is 3.78. The summed E-state index contributed by atoms with van der Waals surface area (Å²) in [7, 11) is 0. The third-order valence-electron chi connectivity index (χ3n) is 6.02. The van der Waals surface area contributed by atoms with E-state index in [-0.39, 0.29) is 12.2 Å². The van der Waals surface area contributed by atoms with Gasteiger partial charge in [0.1, 0.15) is 17.7 Å². The third-order valence-corrected chi connectivity index (χ3v) is 6.02. The summed E-state index contributed by atoms with van der Waals surface area (Å²) >= 11 is 0. The highest BCUT2D eigenvalue weighted by atomic mass is 16.5. The van der Waals surface area contributed by atoms with E-state index >= 15 is 0 Å². The topological polar surface area (TPSA) is 114 Å². The van der Waals surface area contributed by atoms with Gasteiger partial charge in [0.05, 0.1) is 17.3 Å². The van der Waals surface area contributed by atoms with Crippen LogP contribution in [0.1, 0.15) is 44.5 Å². The first-order valence-corrected chi connectivity index (χ1v) is 10.7. The molecule has 3 heterocycles. The minimum absolute atomic E-state index is 0.116. The van der Waals surface area contributed by atoms with Crippen molar-refractivity contribution in [3.8, 4) is 11.3 Å². The monoisotopic (exact) mass is 435 g/mol. The number of amides is 1. The molecule has 1 saturated heterocycles. The number of carbonyl (C=O) groups excluding carboxylic acids is 2. The van der Waals surface area contributed by atoms with Gasteiger partial charge < -0.3 is 20.4 Å². The maximum atomic E-state index is 12.7. The number of nitrogens with two attached hydrogens (primary N) is 1. The molecule has 0 unspecified atom stereocenters. The number of H-pyrrole nitrogens is 1. The Balaban J connectivity index is 1.60. The minimum Gasteiger partial charge on any atom is -0.461 e. The summed E-state index contributed by atoms with van der Waals surface area (Å²) in [5.74, 6) is -1.11. The number of aromatic amines is 1.